The average molecular weight is 323 g/mol. The molecule has 0 saturated heterocycles. The lowest BCUT2D eigenvalue weighted by atomic mass is 10.1. The summed E-state index contributed by atoms with van der Waals surface area (Å²) in [5.74, 6) is 0.106. The summed E-state index contributed by atoms with van der Waals surface area (Å²) in [4.78, 5) is 11.7. The molecule has 100 valence electrons. The lowest BCUT2D eigenvalue weighted by molar-refractivity contribution is -0.0499. The predicted octanol–water partition coefficient (Wildman–Crippen LogP) is 3.65. The largest absolute Gasteiger partial charge is 0.494 e. The molecule has 0 aliphatic rings. The molecule has 0 aliphatic carbocycles. The molecule has 0 spiro atoms. The minimum atomic E-state index is -2.93. The zero-order valence-electron chi connectivity index (χ0n) is 9.79. The molecule has 6 heteroatoms. The van der Waals surface area contributed by atoms with Gasteiger partial charge in [-0.05, 0) is 19.1 Å². The van der Waals surface area contributed by atoms with Crippen LogP contribution in [0.15, 0.2) is 18.2 Å². The maximum absolute atomic E-state index is 12.2. The van der Waals surface area contributed by atoms with E-state index in [9.17, 15) is 13.6 Å². The maximum Gasteiger partial charge on any atom is 0.387 e. The van der Waals surface area contributed by atoms with E-state index < -0.39 is 6.61 Å². The maximum atomic E-state index is 12.2. The molecule has 18 heavy (non-hydrogen) atoms. The normalized spacial score (nSPS) is 10.5. The molecule has 0 fully saturated rings. The van der Waals surface area contributed by atoms with Crippen molar-refractivity contribution >= 4 is 21.7 Å². The quantitative estimate of drug-likeness (QED) is 0.567. The summed E-state index contributed by atoms with van der Waals surface area (Å²) in [5, 5.41) is 0.510. The molecule has 0 heterocycles. The van der Waals surface area contributed by atoms with E-state index in [1.54, 1.807) is 6.92 Å². The number of alkyl halides is 3. The Hall–Kier alpha value is -1.17. The lowest BCUT2D eigenvalue weighted by Crippen LogP contribution is -2.06. The van der Waals surface area contributed by atoms with Crippen molar-refractivity contribution in [3.63, 3.8) is 0 Å². The van der Waals surface area contributed by atoms with Crippen molar-refractivity contribution in [3.8, 4) is 11.5 Å². The number of carbonyl (C=O) groups is 1. The van der Waals surface area contributed by atoms with Gasteiger partial charge in [0.05, 0.1) is 6.61 Å². The standard InChI is InChI=1S/C12H13BrF2O3/c1-2-17-9-5-8(11(16)3-4-13)6-10(7-9)18-12(14)15/h5-7,12H,2-4H2,1H3. The van der Waals surface area contributed by atoms with Crippen molar-refractivity contribution in [2.24, 2.45) is 0 Å². The highest BCUT2D eigenvalue weighted by Crippen LogP contribution is 2.25. The first-order valence-corrected chi connectivity index (χ1v) is 6.50. The molecule has 1 aromatic carbocycles. The summed E-state index contributed by atoms with van der Waals surface area (Å²) in [6.07, 6.45) is 0.281. The molecule has 0 aromatic heterocycles. The average Bonchev–Trinajstić information content (AvgIpc) is 2.28. The minimum absolute atomic E-state index is 0.0751. The Labute approximate surface area is 112 Å². The second-order valence-corrected chi connectivity index (χ2v) is 4.16. The van der Waals surface area contributed by atoms with E-state index >= 15 is 0 Å². The number of hydrogen-bond acceptors (Lipinski definition) is 3. The van der Waals surface area contributed by atoms with Crippen LogP contribution in [0.25, 0.3) is 0 Å². The van der Waals surface area contributed by atoms with E-state index in [4.69, 9.17) is 4.74 Å². The van der Waals surface area contributed by atoms with Crippen LogP contribution in [0.4, 0.5) is 8.78 Å². The van der Waals surface area contributed by atoms with Gasteiger partial charge in [-0.15, -0.1) is 0 Å². The first-order chi connectivity index (χ1) is 8.56. The van der Waals surface area contributed by atoms with Crippen molar-refractivity contribution in [3.05, 3.63) is 23.8 Å². The van der Waals surface area contributed by atoms with Crippen LogP contribution >= 0.6 is 15.9 Å². The summed E-state index contributed by atoms with van der Waals surface area (Å²) in [6.45, 7) is -0.786. The van der Waals surface area contributed by atoms with Crippen molar-refractivity contribution in [2.45, 2.75) is 20.0 Å². The molecule has 0 radical (unpaired) electrons. The number of carbonyl (C=O) groups excluding carboxylic acids is 1. The van der Waals surface area contributed by atoms with Gasteiger partial charge in [-0.25, -0.2) is 0 Å². The zero-order valence-corrected chi connectivity index (χ0v) is 11.4. The highest BCUT2D eigenvalue weighted by molar-refractivity contribution is 9.09. The summed E-state index contributed by atoms with van der Waals surface area (Å²) in [5.41, 5.74) is 0.302. The summed E-state index contributed by atoms with van der Waals surface area (Å²) in [7, 11) is 0. The number of ether oxygens (including phenoxy) is 2. The van der Waals surface area contributed by atoms with Crippen molar-refractivity contribution in [1.82, 2.24) is 0 Å². The van der Waals surface area contributed by atoms with Crippen molar-refractivity contribution < 1.29 is 23.0 Å². The molecule has 0 saturated carbocycles. The van der Waals surface area contributed by atoms with Gasteiger partial charge < -0.3 is 9.47 Å². The first-order valence-electron chi connectivity index (χ1n) is 5.38. The topological polar surface area (TPSA) is 35.5 Å². The number of halogens is 3. The summed E-state index contributed by atoms with van der Waals surface area (Å²) in [6, 6.07) is 4.15. The fourth-order valence-electron chi connectivity index (χ4n) is 1.38. The summed E-state index contributed by atoms with van der Waals surface area (Å²) >= 11 is 3.15. The third kappa shape index (κ3) is 4.60. The monoisotopic (exact) mass is 322 g/mol. The second kappa shape index (κ2) is 7.31. The Balaban J connectivity index is 3.01. The van der Waals surface area contributed by atoms with Crippen LogP contribution in [-0.4, -0.2) is 24.3 Å². The Morgan fingerprint density at radius 2 is 2.00 bits per heavy atom. The molecule has 0 unspecified atom stereocenters. The third-order valence-corrected chi connectivity index (χ3v) is 2.46. The first kappa shape index (κ1) is 14.9. The molecule has 0 aliphatic heterocycles. The summed E-state index contributed by atoms with van der Waals surface area (Å²) < 4.78 is 33.8. The minimum Gasteiger partial charge on any atom is -0.494 e. The van der Waals surface area contributed by atoms with Crippen LogP contribution in [-0.2, 0) is 0 Å². The van der Waals surface area contributed by atoms with Gasteiger partial charge in [0.1, 0.15) is 11.5 Å². The van der Waals surface area contributed by atoms with Gasteiger partial charge in [0.25, 0.3) is 0 Å². The number of Topliss-reactive ketones (excluding diaryl/α,β-unsaturated/α-hetero) is 1. The number of ketones is 1. The highest BCUT2D eigenvalue weighted by Gasteiger charge is 2.12. The fourth-order valence-corrected chi connectivity index (χ4v) is 1.74. The Morgan fingerprint density at radius 3 is 2.56 bits per heavy atom. The van der Waals surface area contributed by atoms with Gasteiger partial charge in [0.2, 0.25) is 0 Å². The van der Waals surface area contributed by atoms with Gasteiger partial charge in [-0.2, -0.15) is 8.78 Å². The molecular formula is C12H13BrF2O3. The third-order valence-electron chi connectivity index (χ3n) is 2.06. The Kier molecular flexibility index (Phi) is 6.04. The fraction of sp³-hybridized carbons (Fsp3) is 0.417. The van der Waals surface area contributed by atoms with E-state index in [0.717, 1.165) is 0 Å². The van der Waals surface area contributed by atoms with Crippen LogP contribution in [0.3, 0.4) is 0 Å². The number of hydrogen-bond donors (Lipinski definition) is 0. The van der Waals surface area contributed by atoms with Crippen LogP contribution in [0.5, 0.6) is 11.5 Å². The molecule has 0 bridgehead atoms. The van der Waals surface area contributed by atoms with Gasteiger partial charge in [-0.1, -0.05) is 15.9 Å². The number of rotatable bonds is 7. The Bertz CT molecular complexity index is 410. The van der Waals surface area contributed by atoms with E-state index in [0.29, 0.717) is 23.2 Å². The van der Waals surface area contributed by atoms with Crippen LogP contribution in [0.2, 0.25) is 0 Å². The van der Waals surface area contributed by atoms with E-state index in [-0.39, 0.29) is 18.0 Å². The van der Waals surface area contributed by atoms with E-state index in [1.807, 2.05) is 0 Å². The van der Waals surface area contributed by atoms with Gasteiger partial charge in [-0.3, -0.25) is 4.79 Å². The molecule has 0 N–H and O–H groups in total. The lowest BCUT2D eigenvalue weighted by Gasteiger charge is -2.10. The molecule has 0 atom stereocenters. The molecule has 0 amide bonds. The van der Waals surface area contributed by atoms with Crippen LogP contribution < -0.4 is 9.47 Å². The number of benzene rings is 1. The van der Waals surface area contributed by atoms with E-state index in [1.165, 1.54) is 18.2 Å². The van der Waals surface area contributed by atoms with Crippen molar-refractivity contribution in [1.29, 1.82) is 0 Å². The SMILES string of the molecule is CCOc1cc(OC(F)F)cc(C(=O)CCBr)c1. The van der Waals surface area contributed by atoms with E-state index in [2.05, 4.69) is 20.7 Å². The second-order valence-electron chi connectivity index (χ2n) is 3.37. The zero-order chi connectivity index (χ0) is 13.5. The predicted molar refractivity (Wildman–Crippen MR) is 67.0 cm³/mol. The molecule has 3 nitrogen and oxygen atoms in total. The highest BCUT2D eigenvalue weighted by atomic mass is 79.9. The van der Waals surface area contributed by atoms with Gasteiger partial charge >= 0.3 is 6.61 Å². The van der Waals surface area contributed by atoms with Crippen molar-refractivity contribution in [2.75, 3.05) is 11.9 Å². The van der Waals surface area contributed by atoms with Crippen LogP contribution in [0.1, 0.15) is 23.7 Å². The molecule has 1 rings (SSSR count). The molecule has 1 aromatic rings. The smallest absolute Gasteiger partial charge is 0.387 e. The van der Waals surface area contributed by atoms with Crippen LogP contribution in [0, 0.1) is 0 Å². The van der Waals surface area contributed by atoms with Gasteiger partial charge in [0, 0.05) is 23.4 Å². The molecular weight excluding hydrogens is 310 g/mol. The Morgan fingerprint density at radius 1 is 1.33 bits per heavy atom. The van der Waals surface area contributed by atoms with Gasteiger partial charge in [0.15, 0.2) is 5.78 Å².